The molecular weight excluding hydrogens is 320 g/mol. The molecule has 0 unspecified atom stereocenters. The third-order valence-electron chi connectivity index (χ3n) is 4.36. The fourth-order valence-electron chi connectivity index (χ4n) is 3.08. The lowest BCUT2D eigenvalue weighted by atomic mass is 9.90. The van der Waals surface area contributed by atoms with Crippen molar-refractivity contribution in [2.45, 2.75) is 5.92 Å². The van der Waals surface area contributed by atoms with E-state index in [1.807, 2.05) is 43.7 Å². The number of carbonyl (C=O) groups is 1. The fraction of sp³-hybridized carbons (Fsp3) is 0.444. The number of rotatable bonds is 7. The molecule has 1 fully saturated rings. The molecule has 2 aromatic rings. The molecule has 0 spiro atoms. The Morgan fingerprint density at radius 1 is 1.40 bits per heavy atom. The molecule has 3 rings (SSSR count). The van der Waals surface area contributed by atoms with Crippen LogP contribution in [0, 0.1) is 5.92 Å². The van der Waals surface area contributed by atoms with Gasteiger partial charge in [-0.2, -0.15) is 5.10 Å². The van der Waals surface area contributed by atoms with E-state index in [9.17, 15) is 4.79 Å². The highest BCUT2D eigenvalue weighted by Crippen LogP contribution is 2.29. The first-order valence-electron chi connectivity index (χ1n) is 8.39. The molecule has 0 aliphatic carbocycles. The van der Waals surface area contributed by atoms with Gasteiger partial charge in [0.05, 0.1) is 18.7 Å². The van der Waals surface area contributed by atoms with Crippen LogP contribution in [0.1, 0.15) is 11.5 Å². The third kappa shape index (κ3) is 4.37. The topological polar surface area (TPSA) is 77.4 Å². The molecule has 1 amide bonds. The summed E-state index contributed by atoms with van der Waals surface area (Å²) in [5.41, 5.74) is 1.82. The van der Waals surface area contributed by atoms with E-state index in [2.05, 4.69) is 15.7 Å². The standard InChI is InChI=1S/C18H24N4O3/c1-22-12-13(9-20-22)16-10-19-11-17(16)18(23)21-14-4-3-5-15(8-14)25-7-6-24-2/h3-5,8-9,12,16-17,19H,6-7,10-11H2,1-2H3,(H,21,23)/t16-,17+/m1/s1. The minimum Gasteiger partial charge on any atom is -0.491 e. The zero-order valence-electron chi connectivity index (χ0n) is 14.6. The summed E-state index contributed by atoms with van der Waals surface area (Å²) in [4.78, 5) is 12.7. The third-order valence-corrected chi connectivity index (χ3v) is 4.36. The van der Waals surface area contributed by atoms with Crippen LogP contribution >= 0.6 is 0 Å². The van der Waals surface area contributed by atoms with Gasteiger partial charge < -0.3 is 20.1 Å². The minimum absolute atomic E-state index is 0.00731. The first kappa shape index (κ1) is 17.4. The van der Waals surface area contributed by atoms with E-state index in [4.69, 9.17) is 9.47 Å². The molecule has 7 heteroatoms. The smallest absolute Gasteiger partial charge is 0.229 e. The lowest BCUT2D eigenvalue weighted by Crippen LogP contribution is -2.28. The molecule has 7 nitrogen and oxygen atoms in total. The number of benzene rings is 1. The van der Waals surface area contributed by atoms with Gasteiger partial charge in [0.25, 0.3) is 0 Å². The number of aromatic nitrogens is 2. The molecule has 0 bridgehead atoms. The maximum Gasteiger partial charge on any atom is 0.229 e. The second-order valence-electron chi connectivity index (χ2n) is 6.18. The largest absolute Gasteiger partial charge is 0.491 e. The van der Waals surface area contributed by atoms with Crippen molar-refractivity contribution in [2.24, 2.45) is 13.0 Å². The fourth-order valence-corrected chi connectivity index (χ4v) is 3.08. The van der Waals surface area contributed by atoms with Crippen LogP contribution in [-0.2, 0) is 16.6 Å². The van der Waals surface area contributed by atoms with Gasteiger partial charge >= 0.3 is 0 Å². The molecule has 2 N–H and O–H groups in total. The summed E-state index contributed by atoms with van der Waals surface area (Å²) >= 11 is 0. The summed E-state index contributed by atoms with van der Waals surface area (Å²) in [6.07, 6.45) is 3.81. The Morgan fingerprint density at radius 2 is 2.28 bits per heavy atom. The predicted octanol–water partition coefficient (Wildman–Crippen LogP) is 1.39. The van der Waals surface area contributed by atoms with Crippen LogP contribution in [0.25, 0.3) is 0 Å². The normalized spacial score (nSPS) is 19.8. The van der Waals surface area contributed by atoms with Crippen molar-refractivity contribution < 1.29 is 14.3 Å². The molecule has 0 saturated carbocycles. The van der Waals surface area contributed by atoms with Gasteiger partial charge in [-0.15, -0.1) is 0 Å². The predicted molar refractivity (Wildman–Crippen MR) is 94.8 cm³/mol. The van der Waals surface area contributed by atoms with Gasteiger partial charge in [-0.1, -0.05) is 6.07 Å². The zero-order chi connectivity index (χ0) is 17.6. The van der Waals surface area contributed by atoms with E-state index < -0.39 is 0 Å². The number of hydrogen-bond acceptors (Lipinski definition) is 5. The van der Waals surface area contributed by atoms with Gasteiger partial charge in [0.2, 0.25) is 5.91 Å². The Kier molecular flexibility index (Phi) is 5.67. The number of nitrogens with zero attached hydrogens (tertiary/aromatic N) is 2. The first-order valence-corrected chi connectivity index (χ1v) is 8.39. The Balaban J connectivity index is 1.64. The van der Waals surface area contributed by atoms with Crippen molar-refractivity contribution in [3.63, 3.8) is 0 Å². The average Bonchev–Trinajstić information content (AvgIpc) is 3.24. The molecule has 2 heterocycles. The van der Waals surface area contributed by atoms with Crippen molar-refractivity contribution in [3.8, 4) is 5.75 Å². The summed E-state index contributed by atoms with van der Waals surface area (Å²) in [6, 6.07) is 7.42. The number of carbonyl (C=O) groups excluding carboxylic acids is 1. The SMILES string of the molecule is COCCOc1cccc(NC(=O)[C@H]2CNC[C@@H]2c2cnn(C)c2)c1. The summed E-state index contributed by atoms with van der Waals surface area (Å²) < 4.78 is 12.3. The number of ether oxygens (including phenoxy) is 2. The van der Waals surface area contributed by atoms with Gasteiger partial charge in [0.1, 0.15) is 12.4 Å². The van der Waals surface area contributed by atoms with E-state index >= 15 is 0 Å². The van der Waals surface area contributed by atoms with Crippen molar-refractivity contribution in [1.82, 2.24) is 15.1 Å². The van der Waals surface area contributed by atoms with Gasteiger partial charge in [0.15, 0.2) is 0 Å². The van der Waals surface area contributed by atoms with Crippen LogP contribution in [0.3, 0.4) is 0 Å². The summed E-state index contributed by atoms with van der Waals surface area (Å²) in [7, 11) is 3.52. The Hall–Kier alpha value is -2.38. The molecular formula is C18H24N4O3. The number of anilines is 1. The van der Waals surface area contributed by atoms with Crippen LogP contribution in [-0.4, -0.2) is 49.1 Å². The summed E-state index contributed by atoms with van der Waals surface area (Å²) in [5, 5.41) is 10.5. The van der Waals surface area contributed by atoms with E-state index in [-0.39, 0.29) is 17.7 Å². The highest BCUT2D eigenvalue weighted by atomic mass is 16.5. The summed E-state index contributed by atoms with van der Waals surface area (Å²) in [5.74, 6) is 0.730. The zero-order valence-corrected chi connectivity index (χ0v) is 14.6. The van der Waals surface area contributed by atoms with Crippen LogP contribution in [0.15, 0.2) is 36.7 Å². The van der Waals surface area contributed by atoms with Gasteiger partial charge in [0, 0.05) is 51.1 Å². The van der Waals surface area contributed by atoms with Crippen molar-refractivity contribution in [2.75, 3.05) is 38.7 Å². The van der Waals surface area contributed by atoms with Gasteiger partial charge in [-0.05, 0) is 17.7 Å². The molecule has 1 aromatic heterocycles. The maximum atomic E-state index is 12.7. The van der Waals surface area contributed by atoms with Crippen LogP contribution in [0.4, 0.5) is 5.69 Å². The Labute approximate surface area is 147 Å². The highest BCUT2D eigenvalue weighted by Gasteiger charge is 2.34. The van der Waals surface area contributed by atoms with E-state index in [0.29, 0.717) is 25.5 Å². The van der Waals surface area contributed by atoms with Crippen LogP contribution < -0.4 is 15.4 Å². The lowest BCUT2D eigenvalue weighted by Gasteiger charge is -2.17. The first-order chi connectivity index (χ1) is 12.2. The van der Waals surface area contributed by atoms with E-state index in [1.54, 1.807) is 11.8 Å². The second kappa shape index (κ2) is 8.13. The minimum atomic E-state index is -0.123. The molecule has 1 aromatic carbocycles. The lowest BCUT2D eigenvalue weighted by molar-refractivity contribution is -0.119. The number of amides is 1. The molecule has 1 aliphatic rings. The highest BCUT2D eigenvalue weighted by molar-refractivity contribution is 5.93. The van der Waals surface area contributed by atoms with E-state index in [1.165, 1.54) is 0 Å². The Morgan fingerprint density at radius 3 is 3.04 bits per heavy atom. The Bertz CT molecular complexity index is 716. The monoisotopic (exact) mass is 344 g/mol. The molecule has 2 atom stereocenters. The maximum absolute atomic E-state index is 12.7. The van der Waals surface area contributed by atoms with Crippen molar-refractivity contribution in [1.29, 1.82) is 0 Å². The van der Waals surface area contributed by atoms with Crippen LogP contribution in [0.2, 0.25) is 0 Å². The average molecular weight is 344 g/mol. The molecule has 134 valence electrons. The van der Waals surface area contributed by atoms with Crippen LogP contribution in [0.5, 0.6) is 5.75 Å². The molecule has 1 saturated heterocycles. The van der Waals surface area contributed by atoms with E-state index in [0.717, 1.165) is 17.8 Å². The molecule has 1 aliphatic heterocycles. The number of nitrogens with one attached hydrogen (secondary N) is 2. The molecule has 0 radical (unpaired) electrons. The van der Waals surface area contributed by atoms with Gasteiger partial charge in [-0.3, -0.25) is 9.48 Å². The molecule has 25 heavy (non-hydrogen) atoms. The number of aryl methyl sites for hydroxylation is 1. The second-order valence-corrected chi connectivity index (χ2v) is 6.18. The van der Waals surface area contributed by atoms with Crippen molar-refractivity contribution in [3.05, 3.63) is 42.2 Å². The van der Waals surface area contributed by atoms with Gasteiger partial charge in [-0.25, -0.2) is 0 Å². The quantitative estimate of drug-likeness (QED) is 0.742. The summed E-state index contributed by atoms with van der Waals surface area (Å²) in [6.45, 7) is 2.44. The number of methoxy groups -OCH3 is 1. The number of hydrogen-bond donors (Lipinski definition) is 2. The van der Waals surface area contributed by atoms with Crippen molar-refractivity contribution >= 4 is 11.6 Å².